The van der Waals surface area contributed by atoms with Crippen molar-refractivity contribution >= 4 is 17.7 Å². The van der Waals surface area contributed by atoms with Crippen LogP contribution in [0.15, 0.2) is 58.3 Å². The molecule has 0 saturated carbocycles. The zero-order valence-electron chi connectivity index (χ0n) is 14.6. The average Bonchev–Trinajstić information content (AvgIpc) is 3.05. The molecule has 0 spiro atoms. The molecule has 138 valence electrons. The predicted octanol–water partition coefficient (Wildman–Crippen LogP) is 4.29. The minimum absolute atomic E-state index is 0.149. The highest BCUT2D eigenvalue weighted by Crippen LogP contribution is 2.35. The number of rotatable bonds is 7. The fraction of sp³-hybridized carbons (Fsp3) is 0.350. The van der Waals surface area contributed by atoms with Gasteiger partial charge in [-0.2, -0.15) is 0 Å². The van der Waals surface area contributed by atoms with Crippen LogP contribution in [0.4, 0.5) is 4.39 Å². The van der Waals surface area contributed by atoms with Crippen molar-refractivity contribution in [3.63, 3.8) is 0 Å². The number of nitrogens with zero attached hydrogens (tertiary/aromatic N) is 1. The van der Waals surface area contributed by atoms with Crippen molar-refractivity contribution in [1.82, 2.24) is 4.90 Å². The normalized spacial score (nSPS) is 18.6. The summed E-state index contributed by atoms with van der Waals surface area (Å²) in [6.07, 6.45) is 1.44. The first-order chi connectivity index (χ1) is 12.5. The summed E-state index contributed by atoms with van der Waals surface area (Å²) in [5, 5.41) is 9.30. The van der Waals surface area contributed by atoms with Crippen LogP contribution in [0.5, 0.6) is 5.75 Å². The largest absolute Gasteiger partial charge is 0.488 e. The fourth-order valence-electron chi connectivity index (χ4n) is 3.20. The van der Waals surface area contributed by atoms with Gasteiger partial charge in [0.05, 0.1) is 4.90 Å². The molecule has 0 radical (unpaired) electrons. The van der Waals surface area contributed by atoms with E-state index in [0.29, 0.717) is 13.0 Å². The van der Waals surface area contributed by atoms with Crippen LogP contribution in [-0.2, 0) is 4.79 Å². The maximum absolute atomic E-state index is 13.4. The topological polar surface area (TPSA) is 49.8 Å². The quantitative estimate of drug-likeness (QED) is 0.782. The van der Waals surface area contributed by atoms with E-state index in [9.17, 15) is 14.3 Å². The Labute approximate surface area is 157 Å². The van der Waals surface area contributed by atoms with Gasteiger partial charge in [-0.3, -0.25) is 9.69 Å². The molecule has 0 unspecified atom stereocenters. The Morgan fingerprint density at radius 2 is 2.15 bits per heavy atom. The van der Waals surface area contributed by atoms with E-state index in [1.807, 2.05) is 42.2 Å². The molecular weight excluding hydrogens is 353 g/mol. The van der Waals surface area contributed by atoms with Gasteiger partial charge in [0.15, 0.2) is 0 Å². The van der Waals surface area contributed by atoms with Crippen molar-refractivity contribution < 1.29 is 19.0 Å². The minimum Gasteiger partial charge on any atom is -0.488 e. The number of ether oxygens (including phenoxy) is 1. The van der Waals surface area contributed by atoms with Crippen molar-refractivity contribution in [2.75, 3.05) is 13.1 Å². The molecule has 0 aromatic heterocycles. The highest BCUT2D eigenvalue weighted by molar-refractivity contribution is 7.99. The highest BCUT2D eigenvalue weighted by atomic mass is 32.2. The molecule has 26 heavy (non-hydrogen) atoms. The van der Waals surface area contributed by atoms with E-state index < -0.39 is 12.0 Å². The lowest BCUT2D eigenvalue weighted by atomic mass is 10.2. The number of carboxylic acids is 1. The van der Waals surface area contributed by atoms with Crippen molar-refractivity contribution in [3.8, 4) is 5.75 Å². The van der Waals surface area contributed by atoms with Crippen LogP contribution in [0.25, 0.3) is 0 Å². The second kappa shape index (κ2) is 8.56. The lowest BCUT2D eigenvalue weighted by Gasteiger charge is -2.25. The summed E-state index contributed by atoms with van der Waals surface area (Å²) in [4.78, 5) is 15.0. The average molecular weight is 375 g/mol. The summed E-state index contributed by atoms with van der Waals surface area (Å²) in [5.74, 6) is -0.312. The second-order valence-electron chi connectivity index (χ2n) is 6.43. The summed E-state index contributed by atoms with van der Waals surface area (Å²) < 4.78 is 19.5. The van der Waals surface area contributed by atoms with Crippen molar-refractivity contribution in [2.24, 2.45) is 0 Å². The Bertz CT molecular complexity index is 770. The molecule has 1 saturated heterocycles. The van der Waals surface area contributed by atoms with Crippen LogP contribution in [-0.4, -0.2) is 41.2 Å². The number of aliphatic carboxylic acids is 1. The smallest absolute Gasteiger partial charge is 0.320 e. The molecule has 2 aromatic carbocycles. The van der Waals surface area contributed by atoms with E-state index in [1.54, 1.807) is 6.07 Å². The van der Waals surface area contributed by atoms with Gasteiger partial charge in [0.2, 0.25) is 0 Å². The first-order valence-corrected chi connectivity index (χ1v) is 9.50. The Morgan fingerprint density at radius 1 is 1.35 bits per heavy atom. The van der Waals surface area contributed by atoms with E-state index in [-0.39, 0.29) is 11.9 Å². The van der Waals surface area contributed by atoms with Gasteiger partial charge in [0.1, 0.15) is 23.7 Å². The highest BCUT2D eigenvalue weighted by Gasteiger charge is 2.31. The molecule has 6 heteroatoms. The molecule has 1 N–H and O–H groups in total. The number of halogens is 1. The summed E-state index contributed by atoms with van der Waals surface area (Å²) in [7, 11) is 0. The molecule has 1 fully saturated rings. The molecule has 0 amide bonds. The summed E-state index contributed by atoms with van der Waals surface area (Å²) >= 11 is 1.45. The van der Waals surface area contributed by atoms with Gasteiger partial charge < -0.3 is 9.84 Å². The Hall–Kier alpha value is -2.05. The van der Waals surface area contributed by atoms with Crippen LogP contribution >= 0.6 is 11.8 Å². The SMILES string of the molecule is C[C@H](CN1CCC[C@H]1C(=O)O)Oc1ccccc1Sc1cccc(F)c1. The minimum atomic E-state index is -0.767. The molecule has 1 heterocycles. The number of carboxylic acid groups (broad SMARTS) is 1. The Balaban J connectivity index is 1.67. The third-order valence-corrected chi connectivity index (χ3v) is 5.39. The van der Waals surface area contributed by atoms with Gasteiger partial charge in [-0.1, -0.05) is 30.0 Å². The van der Waals surface area contributed by atoms with Gasteiger partial charge in [-0.25, -0.2) is 4.39 Å². The van der Waals surface area contributed by atoms with E-state index in [2.05, 4.69) is 0 Å². The summed E-state index contributed by atoms with van der Waals surface area (Å²) in [6, 6.07) is 13.7. The fourth-order valence-corrected chi connectivity index (χ4v) is 4.13. The molecule has 0 aliphatic carbocycles. The maximum Gasteiger partial charge on any atom is 0.320 e. The maximum atomic E-state index is 13.4. The molecule has 4 nitrogen and oxygen atoms in total. The van der Waals surface area contributed by atoms with Gasteiger partial charge in [0.25, 0.3) is 0 Å². The van der Waals surface area contributed by atoms with E-state index in [0.717, 1.165) is 28.5 Å². The first-order valence-electron chi connectivity index (χ1n) is 8.69. The molecule has 2 atom stereocenters. The standard InChI is InChI=1S/C20H22FNO3S/c1-14(13-22-11-5-8-17(22)20(23)24)25-18-9-2-3-10-19(18)26-16-7-4-6-15(21)12-16/h2-4,6-7,9-10,12,14,17H,5,8,11,13H2,1H3,(H,23,24)/t14-,17+/m1/s1. The lowest BCUT2D eigenvalue weighted by molar-refractivity contribution is -0.142. The van der Waals surface area contributed by atoms with Crippen molar-refractivity contribution in [3.05, 3.63) is 54.3 Å². The Morgan fingerprint density at radius 3 is 2.92 bits per heavy atom. The predicted molar refractivity (Wildman–Crippen MR) is 99.3 cm³/mol. The van der Waals surface area contributed by atoms with Crippen LogP contribution in [0, 0.1) is 5.82 Å². The molecule has 2 aromatic rings. The number of likely N-dealkylation sites (tertiary alicyclic amines) is 1. The van der Waals surface area contributed by atoms with Crippen LogP contribution in [0.2, 0.25) is 0 Å². The van der Waals surface area contributed by atoms with Crippen molar-refractivity contribution in [2.45, 2.75) is 41.7 Å². The number of hydrogen-bond acceptors (Lipinski definition) is 4. The van der Waals surface area contributed by atoms with Crippen LogP contribution in [0.3, 0.4) is 0 Å². The third kappa shape index (κ3) is 4.77. The van der Waals surface area contributed by atoms with Gasteiger partial charge in [-0.05, 0) is 56.6 Å². The number of hydrogen-bond donors (Lipinski definition) is 1. The first kappa shape index (κ1) is 18.7. The molecule has 1 aliphatic heterocycles. The van der Waals surface area contributed by atoms with Crippen LogP contribution < -0.4 is 4.74 Å². The third-order valence-electron chi connectivity index (χ3n) is 4.34. The zero-order valence-corrected chi connectivity index (χ0v) is 15.4. The summed E-state index contributed by atoms with van der Waals surface area (Å²) in [5.41, 5.74) is 0. The number of para-hydroxylation sites is 1. The summed E-state index contributed by atoms with van der Waals surface area (Å²) in [6.45, 7) is 3.29. The zero-order chi connectivity index (χ0) is 18.5. The molecule has 3 rings (SSSR count). The molecule has 1 aliphatic rings. The van der Waals surface area contributed by atoms with Gasteiger partial charge in [0, 0.05) is 11.4 Å². The number of benzene rings is 2. The van der Waals surface area contributed by atoms with E-state index in [1.165, 1.54) is 23.9 Å². The van der Waals surface area contributed by atoms with Gasteiger partial charge >= 0.3 is 5.97 Å². The Kier molecular flexibility index (Phi) is 6.16. The van der Waals surface area contributed by atoms with E-state index >= 15 is 0 Å². The molecule has 0 bridgehead atoms. The lowest BCUT2D eigenvalue weighted by Crippen LogP contribution is -2.41. The van der Waals surface area contributed by atoms with Crippen molar-refractivity contribution in [1.29, 1.82) is 0 Å². The number of carbonyl (C=O) groups is 1. The second-order valence-corrected chi connectivity index (χ2v) is 7.54. The van der Waals surface area contributed by atoms with E-state index in [4.69, 9.17) is 4.74 Å². The monoisotopic (exact) mass is 375 g/mol. The van der Waals surface area contributed by atoms with Gasteiger partial charge in [-0.15, -0.1) is 0 Å². The van der Waals surface area contributed by atoms with Crippen LogP contribution in [0.1, 0.15) is 19.8 Å². The molecular formula is C20H22FNO3S.